The number of hydrogen-bond donors (Lipinski definition) is 0. The molecule has 0 fully saturated rings. The number of hydrogen-bond acceptors (Lipinski definition) is 1. The van der Waals surface area contributed by atoms with Gasteiger partial charge in [0.15, 0.2) is 0 Å². The SMILES string of the molecule is CCCOc1ccc(CC)cc1I. The topological polar surface area (TPSA) is 9.23 Å². The normalized spacial score (nSPS) is 10.1. The molecule has 0 unspecified atom stereocenters. The van der Waals surface area contributed by atoms with Crippen molar-refractivity contribution in [2.75, 3.05) is 6.61 Å². The van der Waals surface area contributed by atoms with Gasteiger partial charge in [-0.25, -0.2) is 0 Å². The van der Waals surface area contributed by atoms with Crippen LogP contribution in [-0.2, 0) is 6.42 Å². The van der Waals surface area contributed by atoms with E-state index in [0.29, 0.717) is 0 Å². The second-order valence-corrected chi connectivity index (χ2v) is 4.13. The first-order valence-corrected chi connectivity index (χ1v) is 5.77. The molecule has 0 N–H and O–H groups in total. The molecule has 72 valence electrons. The van der Waals surface area contributed by atoms with E-state index in [9.17, 15) is 0 Å². The van der Waals surface area contributed by atoms with Crippen LogP contribution in [0.3, 0.4) is 0 Å². The summed E-state index contributed by atoms with van der Waals surface area (Å²) in [5.74, 6) is 1.01. The van der Waals surface area contributed by atoms with Crippen molar-refractivity contribution in [1.82, 2.24) is 0 Å². The quantitative estimate of drug-likeness (QED) is 0.769. The van der Waals surface area contributed by atoms with Gasteiger partial charge in [0.2, 0.25) is 0 Å². The maximum Gasteiger partial charge on any atom is 0.132 e. The third-order valence-electron chi connectivity index (χ3n) is 1.87. The Hall–Kier alpha value is -0.250. The van der Waals surface area contributed by atoms with Crippen LogP contribution in [-0.4, -0.2) is 6.61 Å². The summed E-state index contributed by atoms with van der Waals surface area (Å²) in [4.78, 5) is 0. The molecule has 0 aliphatic carbocycles. The molecule has 0 radical (unpaired) electrons. The summed E-state index contributed by atoms with van der Waals surface area (Å²) in [6, 6.07) is 6.38. The van der Waals surface area contributed by atoms with Gasteiger partial charge >= 0.3 is 0 Å². The van der Waals surface area contributed by atoms with Gasteiger partial charge < -0.3 is 4.74 Å². The predicted molar refractivity (Wildman–Crippen MR) is 64.3 cm³/mol. The van der Waals surface area contributed by atoms with Crippen LogP contribution >= 0.6 is 22.6 Å². The van der Waals surface area contributed by atoms with Crippen LogP contribution in [0.2, 0.25) is 0 Å². The fraction of sp³-hybridized carbons (Fsp3) is 0.455. The molecule has 0 bridgehead atoms. The molecule has 0 aliphatic rings. The van der Waals surface area contributed by atoms with Crippen molar-refractivity contribution < 1.29 is 4.74 Å². The number of aryl methyl sites for hydroxylation is 1. The lowest BCUT2D eigenvalue weighted by Gasteiger charge is -2.07. The molecule has 0 heterocycles. The van der Waals surface area contributed by atoms with Crippen molar-refractivity contribution >= 4 is 22.6 Å². The van der Waals surface area contributed by atoms with Gasteiger partial charge in [0.05, 0.1) is 10.2 Å². The molecule has 2 heteroatoms. The van der Waals surface area contributed by atoms with Crippen molar-refractivity contribution in [3.05, 3.63) is 27.3 Å². The van der Waals surface area contributed by atoms with Gasteiger partial charge in [-0.05, 0) is 53.1 Å². The number of halogens is 1. The molecule has 1 nitrogen and oxygen atoms in total. The van der Waals surface area contributed by atoms with Gasteiger partial charge in [-0.15, -0.1) is 0 Å². The van der Waals surface area contributed by atoms with Crippen molar-refractivity contribution in [3.63, 3.8) is 0 Å². The molecule has 0 saturated carbocycles. The zero-order valence-electron chi connectivity index (χ0n) is 8.14. The summed E-state index contributed by atoms with van der Waals surface area (Å²) < 4.78 is 6.79. The Morgan fingerprint density at radius 2 is 2.08 bits per heavy atom. The fourth-order valence-electron chi connectivity index (χ4n) is 1.09. The average Bonchev–Trinajstić information content (AvgIpc) is 2.16. The number of ether oxygens (including phenoxy) is 1. The van der Waals surface area contributed by atoms with E-state index in [2.05, 4.69) is 54.6 Å². The van der Waals surface area contributed by atoms with Crippen molar-refractivity contribution in [2.45, 2.75) is 26.7 Å². The summed E-state index contributed by atoms with van der Waals surface area (Å²) >= 11 is 2.32. The Kier molecular flexibility index (Phi) is 4.56. The van der Waals surface area contributed by atoms with Gasteiger partial charge in [-0.3, -0.25) is 0 Å². The van der Waals surface area contributed by atoms with Crippen LogP contribution < -0.4 is 4.74 Å². The third-order valence-corrected chi connectivity index (χ3v) is 2.71. The lowest BCUT2D eigenvalue weighted by Crippen LogP contribution is -1.97. The summed E-state index contributed by atoms with van der Waals surface area (Å²) in [5.41, 5.74) is 1.37. The molecule has 0 atom stereocenters. The first-order valence-electron chi connectivity index (χ1n) is 4.69. The molecule has 0 aromatic heterocycles. The molecule has 13 heavy (non-hydrogen) atoms. The lowest BCUT2D eigenvalue weighted by atomic mass is 10.2. The molecule has 0 amide bonds. The number of rotatable bonds is 4. The van der Waals surface area contributed by atoms with Gasteiger partial charge in [-0.1, -0.05) is 19.9 Å². The molecular formula is C11H15IO. The Labute approximate surface area is 93.6 Å². The fourth-order valence-corrected chi connectivity index (χ4v) is 1.83. The second-order valence-electron chi connectivity index (χ2n) is 2.97. The molecule has 1 aromatic rings. The summed E-state index contributed by atoms with van der Waals surface area (Å²) in [6.45, 7) is 5.09. The maximum absolute atomic E-state index is 5.58. The van der Waals surface area contributed by atoms with E-state index >= 15 is 0 Å². The smallest absolute Gasteiger partial charge is 0.132 e. The van der Waals surface area contributed by atoms with Crippen molar-refractivity contribution in [1.29, 1.82) is 0 Å². The zero-order valence-corrected chi connectivity index (χ0v) is 10.3. The van der Waals surface area contributed by atoms with E-state index in [1.807, 2.05) is 0 Å². The van der Waals surface area contributed by atoms with Crippen LogP contribution in [0.1, 0.15) is 25.8 Å². The van der Waals surface area contributed by atoms with E-state index in [-0.39, 0.29) is 0 Å². The molecular weight excluding hydrogens is 275 g/mol. The average molecular weight is 290 g/mol. The Morgan fingerprint density at radius 1 is 1.31 bits per heavy atom. The largest absolute Gasteiger partial charge is 0.492 e. The Bertz CT molecular complexity index is 271. The van der Waals surface area contributed by atoms with E-state index in [4.69, 9.17) is 4.74 Å². The van der Waals surface area contributed by atoms with Crippen molar-refractivity contribution in [3.8, 4) is 5.75 Å². The molecule has 1 rings (SSSR count). The summed E-state index contributed by atoms with van der Waals surface area (Å²) in [5, 5.41) is 0. The lowest BCUT2D eigenvalue weighted by molar-refractivity contribution is 0.315. The second kappa shape index (κ2) is 5.47. The van der Waals surface area contributed by atoms with Gasteiger partial charge in [-0.2, -0.15) is 0 Å². The highest BCUT2D eigenvalue weighted by molar-refractivity contribution is 14.1. The predicted octanol–water partition coefficient (Wildman–Crippen LogP) is 3.64. The van der Waals surface area contributed by atoms with Gasteiger partial charge in [0.25, 0.3) is 0 Å². The van der Waals surface area contributed by atoms with E-state index in [0.717, 1.165) is 25.2 Å². The molecule has 0 saturated heterocycles. The van der Waals surface area contributed by atoms with Crippen LogP contribution in [0.25, 0.3) is 0 Å². The zero-order chi connectivity index (χ0) is 9.68. The number of benzene rings is 1. The highest BCUT2D eigenvalue weighted by Gasteiger charge is 2.00. The van der Waals surface area contributed by atoms with Crippen LogP contribution in [0.4, 0.5) is 0 Å². The van der Waals surface area contributed by atoms with Gasteiger partial charge in [0, 0.05) is 0 Å². The minimum Gasteiger partial charge on any atom is -0.492 e. The van der Waals surface area contributed by atoms with Crippen LogP contribution in [0.5, 0.6) is 5.75 Å². The summed E-state index contributed by atoms with van der Waals surface area (Å²) in [6.07, 6.45) is 2.15. The first kappa shape index (κ1) is 10.8. The highest BCUT2D eigenvalue weighted by atomic mass is 127. The van der Waals surface area contributed by atoms with Crippen LogP contribution in [0.15, 0.2) is 18.2 Å². The van der Waals surface area contributed by atoms with E-state index in [1.54, 1.807) is 0 Å². The Morgan fingerprint density at radius 3 is 2.62 bits per heavy atom. The minimum atomic E-state index is 0.807. The van der Waals surface area contributed by atoms with Crippen molar-refractivity contribution in [2.24, 2.45) is 0 Å². The highest BCUT2D eigenvalue weighted by Crippen LogP contribution is 2.22. The monoisotopic (exact) mass is 290 g/mol. The maximum atomic E-state index is 5.58. The molecule has 0 aliphatic heterocycles. The minimum absolute atomic E-state index is 0.807. The first-order chi connectivity index (χ1) is 6.27. The third kappa shape index (κ3) is 3.18. The molecule has 1 aromatic carbocycles. The van der Waals surface area contributed by atoms with E-state index in [1.165, 1.54) is 9.13 Å². The standard InChI is InChI=1S/C11H15IO/c1-3-7-13-11-6-5-9(4-2)8-10(11)12/h5-6,8H,3-4,7H2,1-2H3. The van der Waals surface area contributed by atoms with E-state index < -0.39 is 0 Å². The summed E-state index contributed by atoms with van der Waals surface area (Å²) in [7, 11) is 0. The molecule has 0 spiro atoms. The Balaban J connectivity index is 2.73. The van der Waals surface area contributed by atoms with Crippen LogP contribution in [0, 0.1) is 3.57 Å². The van der Waals surface area contributed by atoms with Gasteiger partial charge in [0.1, 0.15) is 5.75 Å².